The maximum Gasteiger partial charge on any atom is 0.356 e. The molecule has 0 fully saturated rings. The van der Waals surface area contributed by atoms with Crippen molar-refractivity contribution in [3.8, 4) is 11.5 Å². The summed E-state index contributed by atoms with van der Waals surface area (Å²) in [6.45, 7) is 1.93. The van der Waals surface area contributed by atoms with Gasteiger partial charge in [-0.3, -0.25) is 4.57 Å². The Bertz CT molecular complexity index is 586. The predicted octanol–water partition coefficient (Wildman–Crippen LogP) is 2.59. The maximum atomic E-state index is 11.0. The number of ether oxygens (including phenoxy) is 1. The normalized spacial score (nSPS) is 11.3. The van der Waals surface area contributed by atoms with Gasteiger partial charge >= 0.3 is 7.60 Å². The predicted molar refractivity (Wildman–Crippen MR) is 69.4 cm³/mol. The molecule has 0 amide bonds. The fourth-order valence-corrected chi connectivity index (χ4v) is 2.04. The lowest BCUT2D eigenvalue weighted by Gasteiger charge is -2.09. The average molecular weight is 264 g/mol. The van der Waals surface area contributed by atoms with Crippen LogP contribution < -0.4 is 10.0 Å². The molecule has 0 spiro atoms. The van der Waals surface area contributed by atoms with Crippen LogP contribution in [0.15, 0.2) is 48.5 Å². The van der Waals surface area contributed by atoms with Gasteiger partial charge in [0.25, 0.3) is 0 Å². The second-order valence-corrected chi connectivity index (χ2v) is 5.51. The van der Waals surface area contributed by atoms with Crippen molar-refractivity contribution in [2.75, 3.05) is 0 Å². The largest absolute Gasteiger partial charge is 0.457 e. The minimum atomic E-state index is -4.19. The van der Waals surface area contributed by atoms with E-state index in [2.05, 4.69) is 0 Å². The Morgan fingerprint density at radius 3 is 2.17 bits per heavy atom. The van der Waals surface area contributed by atoms with Gasteiger partial charge in [-0.25, -0.2) is 0 Å². The third-order valence-electron chi connectivity index (χ3n) is 2.49. The fraction of sp³-hybridized carbons (Fsp3) is 0.0769. The van der Waals surface area contributed by atoms with Gasteiger partial charge in [0.2, 0.25) is 0 Å². The lowest BCUT2D eigenvalue weighted by molar-refractivity contribution is 0.387. The van der Waals surface area contributed by atoms with Crippen molar-refractivity contribution >= 4 is 12.9 Å². The summed E-state index contributed by atoms with van der Waals surface area (Å²) in [6, 6.07) is 13.4. The molecule has 2 N–H and O–H groups in total. The van der Waals surface area contributed by atoms with Gasteiger partial charge < -0.3 is 14.5 Å². The van der Waals surface area contributed by atoms with Gasteiger partial charge in [0, 0.05) is 0 Å². The summed E-state index contributed by atoms with van der Waals surface area (Å²) >= 11 is 0. The zero-order valence-electron chi connectivity index (χ0n) is 9.78. The summed E-state index contributed by atoms with van der Waals surface area (Å²) < 4.78 is 16.6. The zero-order valence-corrected chi connectivity index (χ0v) is 10.7. The molecule has 0 aliphatic rings. The van der Waals surface area contributed by atoms with E-state index in [0.29, 0.717) is 5.75 Å². The number of benzene rings is 2. The van der Waals surface area contributed by atoms with Crippen molar-refractivity contribution in [3.05, 3.63) is 54.1 Å². The van der Waals surface area contributed by atoms with E-state index in [4.69, 9.17) is 14.5 Å². The molecule has 4 nitrogen and oxygen atoms in total. The van der Waals surface area contributed by atoms with Crippen molar-refractivity contribution in [2.24, 2.45) is 0 Å². The molecule has 0 aliphatic heterocycles. The molecule has 5 heteroatoms. The highest BCUT2D eigenvalue weighted by Crippen LogP contribution is 2.34. The minimum absolute atomic E-state index is 0.0142. The molecular formula is C13H13O4P. The lowest BCUT2D eigenvalue weighted by atomic mass is 10.2. The molecular weight excluding hydrogens is 251 g/mol. The van der Waals surface area contributed by atoms with E-state index in [-0.39, 0.29) is 5.30 Å². The van der Waals surface area contributed by atoms with Gasteiger partial charge in [0.05, 0.1) is 5.30 Å². The molecule has 0 heterocycles. The first-order chi connectivity index (χ1) is 8.47. The first-order valence-corrected chi connectivity index (χ1v) is 6.98. The Labute approximate surface area is 105 Å². The lowest BCUT2D eigenvalue weighted by Crippen LogP contribution is -2.02. The third kappa shape index (κ3) is 2.99. The van der Waals surface area contributed by atoms with E-state index in [1.165, 1.54) is 12.1 Å². The molecule has 2 aromatic rings. The second kappa shape index (κ2) is 4.94. The molecule has 2 rings (SSSR count). The minimum Gasteiger partial charge on any atom is -0.457 e. The van der Waals surface area contributed by atoms with E-state index < -0.39 is 7.60 Å². The van der Waals surface area contributed by atoms with Gasteiger partial charge in [-0.2, -0.15) is 0 Å². The van der Waals surface area contributed by atoms with E-state index in [9.17, 15) is 4.57 Å². The quantitative estimate of drug-likeness (QED) is 0.836. The van der Waals surface area contributed by atoms with Gasteiger partial charge in [0.1, 0.15) is 11.5 Å². The van der Waals surface area contributed by atoms with Crippen LogP contribution in [0, 0.1) is 6.92 Å². The van der Waals surface area contributed by atoms with Crippen molar-refractivity contribution in [2.45, 2.75) is 6.92 Å². The van der Waals surface area contributed by atoms with Crippen LogP contribution in [-0.2, 0) is 4.57 Å². The summed E-state index contributed by atoms with van der Waals surface area (Å²) in [6.07, 6.45) is 0. The van der Waals surface area contributed by atoms with Crippen molar-refractivity contribution in [1.29, 1.82) is 0 Å². The Morgan fingerprint density at radius 1 is 1.00 bits per heavy atom. The monoisotopic (exact) mass is 264 g/mol. The molecule has 18 heavy (non-hydrogen) atoms. The van der Waals surface area contributed by atoms with Crippen LogP contribution in [0.25, 0.3) is 0 Å². The Kier molecular flexibility index (Phi) is 3.53. The van der Waals surface area contributed by atoms with Gasteiger partial charge in [-0.05, 0) is 42.8 Å². The summed E-state index contributed by atoms with van der Waals surface area (Å²) in [5.74, 6) is 1.27. The molecule has 94 valence electrons. The van der Waals surface area contributed by atoms with Crippen LogP contribution >= 0.6 is 7.60 Å². The average Bonchev–Trinajstić information content (AvgIpc) is 2.32. The van der Waals surface area contributed by atoms with Crippen LogP contribution in [0.3, 0.4) is 0 Å². The van der Waals surface area contributed by atoms with Crippen LogP contribution in [-0.4, -0.2) is 9.79 Å². The molecule has 0 aliphatic carbocycles. The number of aryl methyl sites for hydroxylation is 1. The maximum absolute atomic E-state index is 11.0. The first kappa shape index (κ1) is 12.8. The standard InChI is InChI=1S/C13H13O4P/c1-10-4-2-3-5-13(10)17-11-6-8-12(9-7-11)18(14,15)16/h2-9H,1H3,(H2,14,15,16). The Morgan fingerprint density at radius 2 is 1.61 bits per heavy atom. The number of hydrogen-bond acceptors (Lipinski definition) is 2. The Balaban J connectivity index is 2.22. The molecule has 0 atom stereocenters. The zero-order chi connectivity index (χ0) is 13.2. The van der Waals surface area contributed by atoms with Crippen LogP contribution in [0.5, 0.6) is 11.5 Å². The molecule has 0 bridgehead atoms. The summed E-state index contributed by atoms with van der Waals surface area (Å²) in [5.41, 5.74) is 0.997. The number of rotatable bonds is 3. The highest BCUT2D eigenvalue weighted by atomic mass is 31.2. The molecule has 0 saturated carbocycles. The molecule has 0 unspecified atom stereocenters. The number of hydrogen-bond donors (Lipinski definition) is 2. The van der Waals surface area contributed by atoms with Crippen LogP contribution in [0.2, 0.25) is 0 Å². The van der Waals surface area contributed by atoms with Gasteiger partial charge in [-0.15, -0.1) is 0 Å². The Hall–Kier alpha value is -1.61. The van der Waals surface area contributed by atoms with Crippen molar-refractivity contribution < 1.29 is 19.1 Å². The first-order valence-electron chi connectivity index (χ1n) is 5.36. The van der Waals surface area contributed by atoms with E-state index >= 15 is 0 Å². The number of para-hydroxylation sites is 1. The smallest absolute Gasteiger partial charge is 0.356 e. The highest BCUT2D eigenvalue weighted by molar-refractivity contribution is 7.60. The van der Waals surface area contributed by atoms with E-state index in [0.717, 1.165) is 11.3 Å². The summed E-state index contributed by atoms with van der Waals surface area (Å²) in [7, 11) is -4.19. The third-order valence-corrected chi connectivity index (χ3v) is 3.47. The van der Waals surface area contributed by atoms with Crippen LogP contribution in [0.4, 0.5) is 0 Å². The summed E-state index contributed by atoms with van der Waals surface area (Å²) in [5, 5.41) is -0.0142. The molecule has 0 aromatic heterocycles. The van der Waals surface area contributed by atoms with E-state index in [1.807, 2.05) is 31.2 Å². The van der Waals surface area contributed by atoms with E-state index in [1.54, 1.807) is 12.1 Å². The van der Waals surface area contributed by atoms with Crippen LogP contribution in [0.1, 0.15) is 5.56 Å². The molecule has 0 saturated heterocycles. The second-order valence-electron chi connectivity index (χ2n) is 3.91. The molecule has 0 radical (unpaired) electrons. The van der Waals surface area contributed by atoms with Crippen molar-refractivity contribution in [3.63, 3.8) is 0 Å². The van der Waals surface area contributed by atoms with Gasteiger partial charge in [0.15, 0.2) is 0 Å². The highest BCUT2D eigenvalue weighted by Gasteiger charge is 2.16. The van der Waals surface area contributed by atoms with Gasteiger partial charge in [-0.1, -0.05) is 18.2 Å². The topological polar surface area (TPSA) is 66.8 Å². The summed E-state index contributed by atoms with van der Waals surface area (Å²) in [4.78, 5) is 18.0. The SMILES string of the molecule is Cc1ccccc1Oc1ccc(P(=O)(O)O)cc1. The fourth-order valence-electron chi connectivity index (χ4n) is 1.51. The molecule has 2 aromatic carbocycles. The van der Waals surface area contributed by atoms with Crippen molar-refractivity contribution in [1.82, 2.24) is 0 Å².